The standard InChI is InChI=1S/C16H27N3O.ClH/c1-3-16(4-2,13-17)20-15-7-5-6-14(12-15)19-10-8-18-9-11-19;/h5-7,12,18H,3-4,8-11,13,17H2,1-2H3;1H. The third kappa shape index (κ3) is 4.50. The number of nitrogens with two attached hydrogens (primary N) is 1. The maximum Gasteiger partial charge on any atom is 0.122 e. The lowest BCUT2D eigenvalue weighted by Gasteiger charge is -2.33. The van der Waals surface area contributed by atoms with Gasteiger partial charge in [0.2, 0.25) is 0 Å². The number of benzene rings is 1. The molecule has 0 aromatic heterocycles. The average molecular weight is 314 g/mol. The molecule has 21 heavy (non-hydrogen) atoms. The first kappa shape index (κ1) is 18.1. The number of hydrogen-bond acceptors (Lipinski definition) is 4. The molecular formula is C16H28ClN3O. The van der Waals surface area contributed by atoms with Crippen molar-refractivity contribution in [2.45, 2.75) is 32.3 Å². The molecule has 1 aliphatic heterocycles. The van der Waals surface area contributed by atoms with E-state index in [-0.39, 0.29) is 18.0 Å². The van der Waals surface area contributed by atoms with Gasteiger partial charge < -0.3 is 20.7 Å². The molecule has 3 N–H and O–H groups in total. The maximum absolute atomic E-state index is 6.21. The molecule has 0 spiro atoms. The van der Waals surface area contributed by atoms with Crippen molar-refractivity contribution in [1.29, 1.82) is 0 Å². The van der Waals surface area contributed by atoms with E-state index in [9.17, 15) is 0 Å². The van der Waals surface area contributed by atoms with E-state index in [0.717, 1.165) is 44.8 Å². The van der Waals surface area contributed by atoms with Crippen LogP contribution in [0.2, 0.25) is 0 Å². The smallest absolute Gasteiger partial charge is 0.122 e. The minimum absolute atomic E-state index is 0. The molecule has 0 aliphatic carbocycles. The van der Waals surface area contributed by atoms with Crippen molar-refractivity contribution in [3.05, 3.63) is 24.3 Å². The van der Waals surface area contributed by atoms with Crippen LogP contribution in [0, 0.1) is 0 Å². The summed E-state index contributed by atoms with van der Waals surface area (Å²) in [5.41, 5.74) is 6.92. The van der Waals surface area contributed by atoms with Crippen LogP contribution in [0.25, 0.3) is 0 Å². The monoisotopic (exact) mass is 313 g/mol. The number of piperazine rings is 1. The molecule has 0 radical (unpaired) electrons. The van der Waals surface area contributed by atoms with Crippen LogP contribution < -0.4 is 20.7 Å². The molecule has 0 saturated carbocycles. The van der Waals surface area contributed by atoms with Crippen LogP contribution in [0.5, 0.6) is 5.75 Å². The highest BCUT2D eigenvalue weighted by molar-refractivity contribution is 5.85. The molecule has 0 unspecified atom stereocenters. The van der Waals surface area contributed by atoms with Crippen molar-refractivity contribution < 1.29 is 4.74 Å². The minimum Gasteiger partial charge on any atom is -0.486 e. The van der Waals surface area contributed by atoms with Crippen molar-refractivity contribution in [3.63, 3.8) is 0 Å². The predicted molar refractivity (Wildman–Crippen MR) is 91.8 cm³/mol. The second-order valence-corrected chi connectivity index (χ2v) is 5.43. The van der Waals surface area contributed by atoms with Crippen LogP contribution in [-0.2, 0) is 0 Å². The lowest BCUT2D eigenvalue weighted by Crippen LogP contribution is -2.44. The average Bonchev–Trinajstić information content (AvgIpc) is 2.54. The number of halogens is 1. The highest BCUT2D eigenvalue weighted by atomic mass is 35.5. The molecule has 0 amide bonds. The highest BCUT2D eigenvalue weighted by Crippen LogP contribution is 2.27. The summed E-state index contributed by atoms with van der Waals surface area (Å²) in [5.74, 6) is 0.926. The van der Waals surface area contributed by atoms with Crippen molar-refractivity contribution in [2.24, 2.45) is 5.73 Å². The summed E-state index contributed by atoms with van der Waals surface area (Å²) in [6.45, 7) is 9.01. The summed E-state index contributed by atoms with van der Waals surface area (Å²) >= 11 is 0. The van der Waals surface area contributed by atoms with Gasteiger partial charge in [0.15, 0.2) is 0 Å². The zero-order valence-electron chi connectivity index (χ0n) is 13.1. The SMILES string of the molecule is CCC(CC)(CN)Oc1cccc(N2CCNCC2)c1.Cl. The number of nitrogens with one attached hydrogen (secondary N) is 1. The molecule has 1 fully saturated rings. The van der Waals surface area contributed by atoms with Crippen LogP contribution in [0.1, 0.15) is 26.7 Å². The first-order chi connectivity index (χ1) is 9.73. The summed E-state index contributed by atoms with van der Waals surface area (Å²) in [6.07, 6.45) is 1.86. The van der Waals surface area contributed by atoms with E-state index in [4.69, 9.17) is 10.5 Å². The molecule has 1 heterocycles. The number of rotatable bonds is 6. The maximum atomic E-state index is 6.21. The molecular weight excluding hydrogens is 286 g/mol. The second-order valence-electron chi connectivity index (χ2n) is 5.43. The molecule has 1 saturated heterocycles. The van der Waals surface area contributed by atoms with Gasteiger partial charge in [-0.1, -0.05) is 19.9 Å². The van der Waals surface area contributed by atoms with E-state index in [1.165, 1.54) is 5.69 Å². The minimum atomic E-state index is -0.234. The van der Waals surface area contributed by atoms with Gasteiger partial charge in [-0.05, 0) is 25.0 Å². The molecule has 0 atom stereocenters. The fourth-order valence-electron chi connectivity index (χ4n) is 2.64. The molecule has 120 valence electrons. The summed E-state index contributed by atoms with van der Waals surface area (Å²) in [7, 11) is 0. The Bertz CT molecular complexity index is 409. The Labute approximate surface area is 134 Å². The zero-order chi connectivity index (χ0) is 14.4. The van der Waals surface area contributed by atoms with E-state index in [1.807, 2.05) is 6.07 Å². The van der Waals surface area contributed by atoms with Crippen LogP contribution >= 0.6 is 12.4 Å². The van der Waals surface area contributed by atoms with Crippen molar-refractivity contribution in [1.82, 2.24) is 5.32 Å². The van der Waals surface area contributed by atoms with Gasteiger partial charge >= 0.3 is 0 Å². The Morgan fingerprint density at radius 2 is 1.90 bits per heavy atom. The first-order valence-electron chi connectivity index (χ1n) is 7.68. The molecule has 1 aliphatic rings. The Morgan fingerprint density at radius 1 is 1.24 bits per heavy atom. The van der Waals surface area contributed by atoms with E-state index < -0.39 is 0 Å². The fourth-order valence-corrected chi connectivity index (χ4v) is 2.64. The summed E-state index contributed by atoms with van der Waals surface area (Å²) < 4.78 is 6.21. The van der Waals surface area contributed by atoms with Gasteiger partial charge in [-0.2, -0.15) is 0 Å². The van der Waals surface area contributed by atoms with Gasteiger partial charge in [0, 0.05) is 44.5 Å². The van der Waals surface area contributed by atoms with E-state index in [1.54, 1.807) is 0 Å². The largest absolute Gasteiger partial charge is 0.486 e. The molecule has 4 nitrogen and oxygen atoms in total. The number of hydrogen-bond donors (Lipinski definition) is 2. The number of anilines is 1. The van der Waals surface area contributed by atoms with Crippen LogP contribution in [-0.4, -0.2) is 38.3 Å². The highest BCUT2D eigenvalue weighted by Gasteiger charge is 2.26. The number of nitrogens with zero attached hydrogens (tertiary/aromatic N) is 1. The summed E-state index contributed by atoms with van der Waals surface area (Å²) in [5, 5.41) is 3.38. The van der Waals surface area contributed by atoms with Crippen molar-refractivity contribution in [3.8, 4) is 5.75 Å². The number of ether oxygens (including phenoxy) is 1. The Morgan fingerprint density at radius 3 is 2.48 bits per heavy atom. The van der Waals surface area contributed by atoms with Gasteiger partial charge in [-0.25, -0.2) is 0 Å². The van der Waals surface area contributed by atoms with Gasteiger partial charge in [-0.3, -0.25) is 0 Å². The lowest BCUT2D eigenvalue weighted by atomic mass is 9.97. The van der Waals surface area contributed by atoms with Crippen LogP contribution in [0.3, 0.4) is 0 Å². The van der Waals surface area contributed by atoms with Crippen molar-refractivity contribution >= 4 is 18.1 Å². The van der Waals surface area contributed by atoms with E-state index in [2.05, 4.69) is 42.3 Å². The third-order valence-corrected chi connectivity index (χ3v) is 4.29. The zero-order valence-corrected chi connectivity index (χ0v) is 13.9. The molecule has 2 rings (SSSR count). The summed E-state index contributed by atoms with van der Waals surface area (Å²) in [6, 6.07) is 8.39. The molecule has 0 bridgehead atoms. The lowest BCUT2D eigenvalue weighted by molar-refractivity contribution is 0.0692. The van der Waals surface area contributed by atoms with Gasteiger partial charge in [0.1, 0.15) is 11.4 Å². The Kier molecular flexibility index (Phi) is 7.29. The van der Waals surface area contributed by atoms with E-state index in [0.29, 0.717) is 6.54 Å². The van der Waals surface area contributed by atoms with Crippen LogP contribution in [0.15, 0.2) is 24.3 Å². The Hall–Kier alpha value is -0.970. The van der Waals surface area contributed by atoms with Gasteiger partial charge in [0.05, 0.1) is 0 Å². The normalized spacial score (nSPS) is 15.5. The van der Waals surface area contributed by atoms with E-state index >= 15 is 0 Å². The van der Waals surface area contributed by atoms with Gasteiger partial charge in [0.25, 0.3) is 0 Å². The second kappa shape index (κ2) is 8.47. The van der Waals surface area contributed by atoms with Gasteiger partial charge in [-0.15, -0.1) is 12.4 Å². The topological polar surface area (TPSA) is 50.5 Å². The fraction of sp³-hybridized carbons (Fsp3) is 0.625. The van der Waals surface area contributed by atoms with Crippen molar-refractivity contribution in [2.75, 3.05) is 37.6 Å². The third-order valence-electron chi connectivity index (χ3n) is 4.29. The van der Waals surface area contributed by atoms with Crippen LogP contribution in [0.4, 0.5) is 5.69 Å². The molecule has 1 aromatic rings. The quantitative estimate of drug-likeness (QED) is 0.847. The molecule has 1 aromatic carbocycles. The predicted octanol–water partition coefficient (Wildman–Crippen LogP) is 2.41. The molecule has 5 heteroatoms. The summed E-state index contributed by atoms with van der Waals surface area (Å²) in [4.78, 5) is 2.39. The Balaban J connectivity index is 0.00000220. The first-order valence-corrected chi connectivity index (χ1v) is 7.68.